The Hall–Kier alpha value is -5.04. The molecular weight excluding hydrogens is 635 g/mol. The molecule has 1 aliphatic heterocycles. The number of carbonyl (C=O) groups excluding carboxylic acids is 4. The van der Waals surface area contributed by atoms with E-state index in [1.807, 2.05) is 13.8 Å². The molecule has 3 aromatic carbocycles. The van der Waals surface area contributed by atoms with Crippen molar-refractivity contribution >= 4 is 46.6 Å². The first-order valence-electron chi connectivity index (χ1n) is 14.7. The smallest absolute Gasteiger partial charge is 0.257 e. The number of aryl methyl sites for hydroxylation is 2. The number of amides is 4. The number of ether oxygens (including phenoxy) is 4. The predicted octanol–water partition coefficient (Wildman–Crippen LogP) is 5.48. The first kappa shape index (κ1) is 34.8. The fourth-order valence-corrected chi connectivity index (χ4v) is 5.47. The third kappa shape index (κ3) is 7.19. The largest absolute Gasteiger partial charge is 0.493 e. The number of hydrogen-bond acceptors (Lipinski definition) is 8. The summed E-state index contributed by atoms with van der Waals surface area (Å²) in [5.41, 5.74) is 0.669. The maximum absolute atomic E-state index is 14.4. The van der Waals surface area contributed by atoms with Crippen LogP contribution in [-0.2, 0) is 9.59 Å². The highest BCUT2D eigenvalue weighted by atomic mass is 35.5. The van der Waals surface area contributed by atoms with Crippen LogP contribution in [0.2, 0.25) is 5.02 Å². The van der Waals surface area contributed by atoms with Gasteiger partial charge in [0.15, 0.2) is 17.2 Å². The number of methoxy groups -OCH3 is 3. The number of rotatable bonds is 11. The molecule has 0 fully saturated rings. The first-order valence-corrected chi connectivity index (χ1v) is 15.1. The van der Waals surface area contributed by atoms with Gasteiger partial charge in [0.1, 0.15) is 17.6 Å². The minimum absolute atomic E-state index is 0.00510. The fraction of sp³-hybridized carbons (Fsp3) is 0.333. The van der Waals surface area contributed by atoms with Crippen molar-refractivity contribution in [2.75, 3.05) is 45.1 Å². The minimum atomic E-state index is -1.16. The molecule has 0 bridgehead atoms. The van der Waals surface area contributed by atoms with Crippen LogP contribution >= 0.6 is 11.6 Å². The van der Waals surface area contributed by atoms with Crippen LogP contribution in [0.5, 0.6) is 28.7 Å². The Labute approximate surface area is 276 Å². The molecule has 14 heteroatoms. The summed E-state index contributed by atoms with van der Waals surface area (Å²) < 4.78 is 36.6. The lowest BCUT2D eigenvalue weighted by Crippen LogP contribution is -2.45. The van der Waals surface area contributed by atoms with E-state index < -0.39 is 29.6 Å². The Balaban J connectivity index is 1.79. The van der Waals surface area contributed by atoms with Crippen LogP contribution in [0.1, 0.15) is 52.1 Å². The average molecular weight is 671 g/mol. The van der Waals surface area contributed by atoms with E-state index in [1.165, 1.54) is 51.7 Å². The van der Waals surface area contributed by atoms with Gasteiger partial charge in [-0.3, -0.25) is 19.2 Å². The lowest BCUT2D eigenvalue weighted by atomic mass is 10.1. The van der Waals surface area contributed by atoms with Gasteiger partial charge in [-0.05, 0) is 69.2 Å². The Morgan fingerprint density at radius 1 is 0.936 bits per heavy atom. The van der Waals surface area contributed by atoms with Crippen LogP contribution in [0.15, 0.2) is 30.3 Å². The number of halogens is 2. The van der Waals surface area contributed by atoms with E-state index in [0.29, 0.717) is 24.2 Å². The summed E-state index contributed by atoms with van der Waals surface area (Å²) in [5, 5.41) is 7.95. The molecule has 3 aromatic rings. The molecule has 1 atom stereocenters. The molecule has 3 N–H and O–H groups in total. The van der Waals surface area contributed by atoms with Gasteiger partial charge in [-0.2, -0.15) is 0 Å². The maximum Gasteiger partial charge on any atom is 0.257 e. The molecule has 250 valence electrons. The van der Waals surface area contributed by atoms with Gasteiger partial charge in [-0.25, -0.2) is 4.39 Å². The molecule has 0 spiro atoms. The van der Waals surface area contributed by atoms with Crippen molar-refractivity contribution in [3.05, 3.63) is 63.4 Å². The molecule has 1 heterocycles. The van der Waals surface area contributed by atoms with Gasteiger partial charge in [0.2, 0.25) is 17.6 Å². The summed E-state index contributed by atoms with van der Waals surface area (Å²) in [6.07, 6.45) is -0.256. The molecule has 1 aliphatic rings. The summed E-state index contributed by atoms with van der Waals surface area (Å²) in [6.45, 7) is 7.67. The summed E-state index contributed by atoms with van der Waals surface area (Å²) >= 11 is 6.55. The molecule has 0 unspecified atom stereocenters. The lowest BCUT2D eigenvalue weighted by molar-refractivity contribution is -0.133. The van der Waals surface area contributed by atoms with E-state index in [2.05, 4.69) is 16.0 Å². The number of anilines is 2. The Bertz CT molecular complexity index is 1720. The minimum Gasteiger partial charge on any atom is -0.493 e. The van der Waals surface area contributed by atoms with Crippen molar-refractivity contribution in [3.63, 3.8) is 0 Å². The molecular formula is C33H36ClFN4O8. The molecule has 12 nitrogen and oxygen atoms in total. The highest BCUT2D eigenvalue weighted by Gasteiger charge is 2.32. The molecule has 0 saturated carbocycles. The van der Waals surface area contributed by atoms with Gasteiger partial charge in [-0.1, -0.05) is 11.6 Å². The van der Waals surface area contributed by atoms with Gasteiger partial charge >= 0.3 is 0 Å². The zero-order valence-corrected chi connectivity index (χ0v) is 27.8. The van der Waals surface area contributed by atoms with Gasteiger partial charge < -0.3 is 39.8 Å². The summed E-state index contributed by atoms with van der Waals surface area (Å²) in [5.74, 6) is -2.09. The molecule has 0 aromatic heterocycles. The van der Waals surface area contributed by atoms with E-state index in [-0.39, 0.29) is 68.6 Å². The van der Waals surface area contributed by atoms with Crippen LogP contribution in [0, 0.1) is 19.7 Å². The number of nitrogens with zero attached hydrogens (tertiary/aromatic N) is 1. The number of fused-ring (bicyclic) bond motifs is 1. The number of benzene rings is 3. The van der Waals surface area contributed by atoms with E-state index >= 15 is 0 Å². The molecule has 0 aliphatic carbocycles. The fourth-order valence-electron chi connectivity index (χ4n) is 5.17. The van der Waals surface area contributed by atoms with Crippen molar-refractivity contribution in [2.24, 2.45) is 0 Å². The SMILES string of the molecule is CCN(CC)C(=O)C[C@@H]1NC(=O)c2cc(Oc3cc(C)c(F)c(C)c3)c(NC(=O)c3cc(OC)c(OC)c(OC)c3Cl)cc2NC1=O. The van der Waals surface area contributed by atoms with E-state index in [9.17, 15) is 23.6 Å². The van der Waals surface area contributed by atoms with Crippen molar-refractivity contribution in [1.82, 2.24) is 10.2 Å². The highest BCUT2D eigenvalue weighted by Crippen LogP contribution is 2.45. The second-order valence-corrected chi connectivity index (χ2v) is 11.0. The lowest BCUT2D eigenvalue weighted by Gasteiger charge is -2.21. The van der Waals surface area contributed by atoms with Crippen molar-refractivity contribution in [3.8, 4) is 28.7 Å². The van der Waals surface area contributed by atoms with Gasteiger partial charge in [-0.15, -0.1) is 0 Å². The van der Waals surface area contributed by atoms with E-state index in [1.54, 1.807) is 18.7 Å². The Morgan fingerprint density at radius 2 is 1.57 bits per heavy atom. The zero-order valence-electron chi connectivity index (χ0n) is 27.1. The van der Waals surface area contributed by atoms with Gasteiger partial charge in [0, 0.05) is 13.1 Å². The molecule has 4 amide bonds. The van der Waals surface area contributed by atoms with Crippen molar-refractivity contribution in [1.29, 1.82) is 0 Å². The molecule has 0 saturated heterocycles. The number of nitrogens with one attached hydrogen (secondary N) is 3. The predicted molar refractivity (Wildman–Crippen MR) is 174 cm³/mol. The zero-order chi connectivity index (χ0) is 34.6. The monoisotopic (exact) mass is 670 g/mol. The van der Waals surface area contributed by atoms with Crippen LogP contribution in [0.4, 0.5) is 15.8 Å². The maximum atomic E-state index is 14.4. The van der Waals surface area contributed by atoms with E-state index in [0.717, 1.165) is 0 Å². The van der Waals surface area contributed by atoms with Gasteiger partial charge in [0.25, 0.3) is 11.8 Å². The Morgan fingerprint density at radius 3 is 2.15 bits per heavy atom. The summed E-state index contributed by atoms with van der Waals surface area (Å²) in [4.78, 5) is 54.7. The van der Waals surface area contributed by atoms with E-state index in [4.69, 9.17) is 30.5 Å². The highest BCUT2D eigenvalue weighted by molar-refractivity contribution is 6.36. The summed E-state index contributed by atoms with van der Waals surface area (Å²) in [6, 6.07) is 5.82. The molecule has 47 heavy (non-hydrogen) atoms. The first-order chi connectivity index (χ1) is 22.4. The third-order valence-corrected chi connectivity index (χ3v) is 8.01. The standard InChI is InChI=1S/C33H36ClFN4O8/c1-8-39(9-2)26(40)15-23-33(43)36-21-14-22(37-32(42)20-13-25(44-5)29(45-6)30(46-7)27(20)34)24(12-19(21)31(41)38-23)47-18-10-16(3)28(35)17(4)11-18/h10-14,23H,8-9,15H2,1-7H3,(H,36,43)(H,37,42)(H,38,41)/t23-/m0/s1. The normalized spacial score (nSPS) is 13.9. The third-order valence-electron chi connectivity index (χ3n) is 7.64. The average Bonchev–Trinajstić information content (AvgIpc) is 3.14. The second kappa shape index (κ2) is 14.6. The number of carbonyl (C=O) groups is 4. The van der Waals surface area contributed by atoms with Gasteiger partial charge in [0.05, 0.1) is 55.3 Å². The quantitative estimate of drug-likeness (QED) is 0.244. The summed E-state index contributed by atoms with van der Waals surface area (Å²) in [7, 11) is 4.13. The van der Waals surface area contributed by atoms with Crippen LogP contribution in [0.3, 0.4) is 0 Å². The van der Waals surface area contributed by atoms with Crippen molar-refractivity contribution < 1.29 is 42.5 Å². The number of hydrogen-bond donors (Lipinski definition) is 3. The second-order valence-electron chi connectivity index (χ2n) is 10.6. The van der Waals surface area contributed by atoms with Crippen LogP contribution in [-0.4, -0.2) is 69.0 Å². The van der Waals surface area contributed by atoms with Crippen LogP contribution < -0.4 is 34.9 Å². The van der Waals surface area contributed by atoms with Crippen LogP contribution in [0.25, 0.3) is 0 Å². The Kier molecular flexibility index (Phi) is 10.8. The van der Waals surface area contributed by atoms with Crippen molar-refractivity contribution in [2.45, 2.75) is 40.2 Å². The topological polar surface area (TPSA) is 145 Å². The molecule has 0 radical (unpaired) electrons. The molecule has 4 rings (SSSR count).